The van der Waals surface area contributed by atoms with Gasteiger partial charge in [-0.1, -0.05) is 12.7 Å². The summed E-state index contributed by atoms with van der Waals surface area (Å²) in [5.41, 5.74) is 4.94. The van der Waals surface area contributed by atoms with Crippen molar-refractivity contribution >= 4 is 17.4 Å². The zero-order valence-electron chi connectivity index (χ0n) is 3.89. The maximum Gasteiger partial charge on any atom is 0.254 e. The van der Waals surface area contributed by atoms with Gasteiger partial charge in [-0.3, -0.25) is 0 Å². The lowest BCUT2D eigenvalue weighted by Gasteiger charge is -1.94. The smallest absolute Gasteiger partial charge is 0.254 e. The Balaban J connectivity index is 2.97. The van der Waals surface area contributed by atoms with Crippen molar-refractivity contribution in [2.24, 2.45) is 5.73 Å². The van der Waals surface area contributed by atoms with Gasteiger partial charge in [0.05, 0.1) is 0 Å². The third kappa shape index (κ3) is 5.43. The minimum Gasteiger partial charge on any atom is -0.467 e. The second-order valence-corrected chi connectivity index (χ2v) is 1.32. The summed E-state index contributed by atoms with van der Waals surface area (Å²) >= 11 is 4.37. The first-order chi connectivity index (χ1) is 3.27. The van der Waals surface area contributed by atoms with Crippen LogP contribution in [0.3, 0.4) is 0 Å². The zero-order chi connectivity index (χ0) is 5.70. The highest BCUT2D eigenvalue weighted by Gasteiger charge is 1.78. The second-order valence-electron chi connectivity index (χ2n) is 0.919. The third-order valence-electron chi connectivity index (χ3n) is 0.343. The van der Waals surface area contributed by atoms with Crippen LogP contribution in [0.1, 0.15) is 0 Å². The average Bonchev–Trinajstić information content (AvgIpc) is 1.61. The number of thiocarbonyl (C=S) groups is 1. The van der Waals surface area contributed by atoms with Crippen molar-refractivity contribution in [3.8, 4) is 0 Å². The van der Waals surface area contributed by atoms with Gasteiger partial charge in [0.25, 0.3) is 5.17 Å². The van der Waals surface area contributed by atoms with E-state index in [1.165, 1.54) is 0 Å². The van der Waals surface area contributed by atoms with E-state index < -0.39 is 0 Å². The molecule has 40 valence electrons. The van der Waals surface area contributed by atoms with Gasteiger partial charge in [0.15, 0.2) is 0 Å². The minimum absolute atomic E-state index is 0.0694. The van der Waals surface area contributed by atoms with E-state index in [1.54, 1.807) is 6.08 Å². The molecule has 0 aromatic carbocycles. The van der Waals surface area contributed by atoms with Crippen LogP contribution in [0.2, 0.25) is 0 Å². The van der Waals surface area contributed by atoms with Crippen molar-refractivity contribution in [3.63, 3.8) is 0 Å². The molecule has 0 aliphatic carbocycles. The second kappa shape index (κ2) is 3.61. The summed E-state index contributed by atoms with van der Waals surface area (Å²) in [5.74, 6) is 0. The summed E-state index contributed by atoms with van der Waals surface area (Å²) in [5, 5.41) is 0.0694. The Bertz CT molecular complexity index is 81.8. The van der Waals surface area contributed by atoms with Gasteiger partial charge in [0.2, 0.25) is 0 Å². The number of hydrogen-bond donors (Lipinski definition) is 1. The molecule has 0 radical (unpaired) electrons. The Hall–Kier alpha value is -0.570. The molecule has 2 N–H and O–H groups in total. The Morgan fingerprint density at radius 2 is 2.57 bits per heavy atom. The molecule has 0 aromatic rings. The number of hydrogen-bond acceptors (Lipinski definition) is 2. The van der Waals surface area contributed by atoms with Crippen LogP contribution >= 0.6 is 12.2 Å². The molecule has 0 saturated carbocycles. The van der Waals surface area contributed by atoms with Crippen molar-refractivity contribution < 1.29 is 4.74 Å². The third-order valence-corrected chi connectivity index (χ3v) is 0.461. The summed E-state index contributed by atoms with van der Waals surface area (Å²) in [6, 6.07) is 0. The lowest BCUT2D eigenvalue weighted by molar-refractivity contribution is 0.355. The van der Waals surface area contributed by atoms with E-state index >= 15 is 0 Å². The van der Waals surface area contributed by atoms with Gasteiger partial charge in [-0.2, -0.15) is 0 Å². The first-order valence-electron chi connectivity index (χ1n) is 1.80. The van der Waals surface area contributed by atoms with Crippen molar-refractivity contribution in [1.82, 2.24) is 0 Å². The zero-order valence-corrected chi connectivity index (χ0v) is 4.70. The fraction of sp³-hybridized carbons (Fsp3) is 0.250. The number of nitrogens with two attached hydrogens (primary N) is 1. The molecule has 0 rings (SSSR count). The van der Waals surface area contributed by atoms with Crippen molar-refractivity contribution in [2.45, 2.75) is 0 Å². The first-order valence-corrected chi connectivity index (χ1v) is 2.21. The Morgan fingerprint density at radius 3 is 2.71 bits per heavy atom. The molecule has 0 fully saturated rings. The van der Waals surface area contributed by atoms with E-state index in [0.717, 1.165) is 0 Å². The van der Waals surface area contributed by atoms with Gasteiger partial charge in [-0.25, -0.2) is 0 Å². The molecule has 0 aliphatic heterocycles. The summed E-state index contributed by atoms with van der Waals surface area (Å²) in [4.78, 5) is 0. The maximum atomic E-state index is 4.94. The van der Waals surface area contributed by atoms with Crippen LogP contribution in [0.15, 0.2) is 12.7 Å². The van der Waals surface area contributed by atoms with Crippen LogP contribution in [0, 0.1) is 0 Å². The van der Waals surface area contributed by atoms with E-state index in [-0.39, 0.29) is 5.17 Å². The van der Waals surface area contributed by atoms with E-state index in [9.17, 15) is 0 Å². The molecule has 3 heteroatoms. The molecular formula is C4H7NOS. The van der Waals surface area contributed by atoms with E-state index in [4.69, 9.17) is 5.73 Å². The highest BCUT2D eigenvalue weighted by atomic mass is 32.1. The standard InChI is InChI=1S/C4H7NOS/c1-2-3-6-4(5)7/h2H,1,3H2,(H2,5,7). The highest BCUT2D eigenvalue weighted by molar-refractivity contribution is 7.80. The van der Waals surface area contributed by atoms with Gasteiger partial charge >= 0.3 is 0 Å². The average molecular weight is 117 g/mol. The fourth-order valence-electron chi connectivity index (χ4n) is 0.141. The predicted octanol–water partition coefficient (Wildman–Crippen LogP) is 0.433. The van der Waals surface area contributed by atoms with Crippen molar-refractivity contribution in [1.29, 1.82) is 0 Å². The monoisotopic (exact) mass is 117 g/mol. The maximum absolute atomic E-state index is 4.94. The first kappa shape index (κ1) is 6.43. The van der Waals surface area contributed by atoms with E-state index in [2.05, 4.69) is 23.5 Å². The van der Waals surface area contributed by atoms with Gasteiger partial charge in [-0.05, 0) is 12.2 Å². The quantitative estimate of drug-likeness (QED) is 0.421. The largest absolute Gasteiger partial charge is 0.467 e. The Labute approximate surface area is 48.0 Å². The lowest BCUT2D eigenvalue weighted by Crippen LogP contribution is -2.11. The van der Waals surface area contributed by atoms with Gasteiger partial charge in [0, 0.05) is 0 Å². The molecule has 0 saturated heterocycles. The molecule has 0 aliphatic rings. The van der Waals surface area contributed by atoms with Gasteiger partial charge < -0.3 is 10.5 Å². The van der Waals surface area contributed by atoms with Crippen molar-refractivity contribution in [3.05, 3.63) is 12.7 Å². The Morgan fingerprint density at radius 1 is 2.00 bits per heavy atom. The molecule has 0 amide bonds. The fourth-order valence-corrected chi connectivity index (χ4v) is 0.209. The molecule has 0 atom stereocenters. The normalized spacial score (nSPS) is 7.43. The molecule has 0 bridgehead atoms. The van der Waals surface area contributed by atoms with Crippen LogP contribution in [-0.4, -0.2) is 11.8 Å². The minimum atomic E-state index is 0.0694. The van der Waals surface area contributed by atoms with Crippen molar-refractivity contribution in [2.75, 3.05) is 6.61 Å². The summed E-state index contributed by atoms with van der Waals surface area (Å²) < 4.78 is 4.58. The van der Waals surface area contributed by atoms with Crippen LogP contribution in [0.25, 0.3) is 0 Å². The number of rotatable bonds is 2. The van der Waals surface area contributed by atoms with Gasteiger partial charge in [0.1, 0.15) is 6.61 Å². The van der Waals surface area contributed by atoms with E-state index in [0.29, 0.717) is 6.61 Å². The Kier molecular flexibility index (Phi) is 3.32. The topological polar surface area (TPSA) is 35.2 Å². The van der Waals surface area contributed by atoms with Crippen LogP contribution in [0.5, 0.6) is 0 Å². The molecule has 0 unspecified atom stereocenters. The molecule has 2 nitrogen and oxygen atoms in total. The van der Waals surface area contributed by atoms with Crippen LogP contribution in [0.4, 0.5) is 0 Å². The van der Waals surface area contributed by atoms with Crippen LogP contribution < -0.4 is 5.73 Å². The lowest BCUT2D eigenvalue weighted by atomic mass is 10.7. The SMILES string of the molecule is C=CCOC(N)=S. The summed E-state index contributed by atoms with van der Waals surface area (Å²) in [7, 11) is 0. The van der Waals surface area contributed by atoms with Gasteiger partial charge in [-0.15, -0.1) is 0 Å². The highest BCUT2D eigenvalue weighted by Crippen LogP contribution is 1.71. The summed E-state index contributed by atoms with van der Waals surface area (Å²) in [6.07, 6.45) is 1.58. The molecule has 7 heavy (non-hydrogen) atoms. The predicted molar refractivity (Wildman–Crippen MR) is 32.9 cm³/mol. The molecule has 0 aromatic heterocycles. The van der Waals surface area contributed by atoms with E-state index in [1.807, 2.05) is 0 Å². The van der Waals surface area contributed by atoms with Crippen LogP contribution in [-0.2, 0) is 4.74 Å². The number of ether oxygens (including phenoxy) is 1. The molecule has 0 heterocycles. The summed E-state index contributed by atoms with van der Waals surface area (Å²) in [6.45, 7) is 3.79. The molecular weight excluding hydrogens is 110 g/mol. The molecule has 0 spiro atoms.